The average molecular weight is 304 g/mol. The second kappa shape index (κ2) is 5.94. The van der Waals surface area contributed by atoms with Crippen molar-refractivity contribution in [2.75, 3.05) is 0 Å². The Labute approximate surface area is 107 Å². The van der Waals surface area contributed by atoms with Gasteiger partial charge in [0.15, 0.2) is 0 Å². The Kier molecular flexibility index (Phi) is 6.68. The van der Waals surface area contributed by atoms with E-state index in [1.807, 2.05) is 0 Å². The van der Waals surface area contributed by atoms with Crippen LogP contribution in [-0.2, 0) is 10.1 Å². The normalized spacial score (nSPS) is 17.2. The average Bonchev–Trinajstić information content (AvgIpc) is 2.13. The molecule has 0 bridgehead atoms. The van der Waals surface area contributed by atoms with E-state index in [9.17, 15) is 43.5 Å². The molecule has 2 atom stereocenters. The molecule has 0 aliphatic heterocycles. The van der Waals surface area contributed by atoms with Crippen LogP contribution in [0, 0.1) is 0 Å². The van der Waals surface area contributed by atoms with Crippen molar-refractivity contribution < 1.29 is 48.1 Å². The van der Waals surface area contributed by atoms with E-state index in [1.54, 1.807) is 0 Å². The van der Waals surface area contributed by atoms with Gasteiger partial charge in [0.1, 0.15) is 0 Å². The van der Waals surface area contributed by atoms with Gasteiger partial charge in [-0.3, -0.25) is 4.55 Å². The van der Waals surface area contributed by atoms with Crippen molar-refractivity contribution in [3.8, 4) is 0 Å². The number of halogens is 8. The second-order valence-corrected chi connectivity index (χ2v) is 4.26. The van der Waals surface area contributed by atoms with Crippen LogP contribution in [0.25, 0.3) is 0 Å². The Morgan fingerprint density at radius 3 is 1.44 bits per heavy atom. The summed E-state index contributed by atoms with van der Waals surface area (Å²) in [6.45, 7) is 0. The Balaban J connectivity index is 0. The number of hydrogen-bond donors (Lipinski definition) is 1. The molecule has 0 amide bonds. The van der Waals surface area contributed by atoms with Crippen molar-refractivity contribution in [2.45, 2.75) is 29.9 Å². The molecule has 106 valence electrons. The van der Waals surface area contributed by atoms with Crippen molar-refractivity contribution in [3.05, 3.63) is 0 Å². The zero-order valence-corrected chi connectivity index (χ0v) is 8.24. The molecule has 0 aliphatic rings. The topological polar surface area (TPSA) is 54.4 Å². The molecule has 0 aromatic heterocycles. The fourth-order valence-corrected chi connectivity index (χ4v) is 1.21. The number of rotatable bonds is 5. The van der Waals surface area contributed by atoms with Crippen LogP contribution in [0.3, 0.4) is 0 Å². The summed E-state index contributed by atoms with van der Waals surface area (Å²) in [5.41, 5.74) is -4.93. The zero-order chi connectivity index (χ0) is 14.2. The minimum absolute atomic E-state index is 0. The second-order valence-electron chi connectivity index (χ2n) is 2.81. The van der Waals surface area contributed by atoms with Crippen LogP contribution in [0.1, 0.15) is 0 Å². The van der Waals surface area contributed by atoms with Crippen LogP contribution in [0.15, 0.2) is 0 Å². The monoisotopic (exact) mass is 304 g/mol. The van der Waals surface area contributed by atoms with Crippen molar-refractivity contribution in [1.29, 1.82) is 0 Å². The summed E-state index contributed by atoms with van der Waals surface area (Å²) < 4.78 is 125. The summed E-state index contributed by atoms with van der Waals surface area (Å²) in [5.74, 6) is -12.7. The van der Waals surface area contributed by atoms with Gasteiger partial charge in [-0.2, -0.15) is 26.0 Å². The Hall–Kier alpha value is -0.0526. The Morgan fingerprint density at radius 1 is 0.889 bits per heavy atom. The minimum atomic E-state index is -6.35. The van der Waals surface area contributed by atoms with E-state index in [0.717, 1.165) is 0 Å². The van der Waals surface area contributed by atoms with Crippen LogP contribution >= 0.6 is 0 Å². The molecule has 0 heterocycles. The van der Waals surface area contributed by atoms with E-state index in [-0.39, 0.29) is 18.9 Å². The molecule has 0 saturated carbocycles. The standard InChI is InChI=1S/C5H4F8O3S.Li.H/c6-1(2(7)8)4(10,11)5(12,13)3(9)17(14,15)16;;/h1-3H,(H,14,15,16);;. The first-order valence-electron chi connectivity index (χ1n) is 3.54. The van der Waals surface area contributed by atoms with E-state index in [1.165, 1.54) is 0 Å². The van der Waals surface area contributed by atoms with Gasteiger partial charge in [-0.25, -0.2) is 17.6 Å². The van der Waals surface area contributed by atoms with Crippen LogP contribution in [0.5, 0.6) is 0 Å². The number of hydrogen-bond acceptors (Lipinski definition) is 2. The van der Waals surface area contributed by atoms with Crippen molar-refractivity contribution in [3.63, 3.8) is 0 Å². The van der Waals surface area contributed by atoms with E-state index >= 15 is 0 Å². The third kappa shape index (κ3) is 3.72. The van der Waals surface area contributed by atoms with Gasteiger partial charge in [0, 0.05) is 0 Å². The first kappa shape index (κ1) is 20.3. The summed E-state index contributed by atoms with van der Waals surface area (Å²) in [5, 5.41) is 0. The maximum atomic E-state index is 12.5. The number of alkyl halides is 8. The van der Waals surface area contributed by atoms with E-state index < -0.39 is 40.1 Å². The van der Waals surface area contributed by atoms with Crippen molar-refractivity contribution in [1.82, 2.24) is 0 Å². The van der Waals surface area contributed by atoms with Crippen molar-refractivity contribution in [2.24, 2.45) is 0 Å². The SMILES string of the molecule is O=S(=O)(O)C(F)C(F)(F)C(F)(F)C(F)C(F)F.[LiH]. The van der Waals surface area contributed by atoms with Gasteiger partial charge in [-0.15, -0.1) is 0 Å². The molecule has 0 saturated heterocycles. The van der Waals surface area contributed by atoms with E-state index in [0.29, 0.717) is 0 Å². The molecule has 0 rings (SSSR count). The molecule has 2 unspecified atom stereocenters. The van der Waals surface area contributed by atoms with E-state index in [2.05, 4.69) is 0 Å². The summed E-state index contributed by atoms with van der Waals surface area (Å²) in [4.78, 5) is 0. The predicted octanol–water partition coefficient (Wildman–Crippen LogP) is 1.40. The first-order chi connectivity index (χ1) is 7.26. The molecule has 0 aromatic rings. The van der Waals surface area contributed by atoms with Crippen LogP contribution in [-0.4, -0.2) is 61.8 Å². The fraction of sp³-hybridized carbons (Fsp3) is 1.00. The zero-order valence-electron chi connectivity index (χ0n) is 7.43. The summed E-state index contributed by atoms with van der Waals surface area (Å²) in [6, 6.07) is 0. The van der Waals surface area contributed by atoms with Crippen LogP contribution in [0.4, 0.5) is 35.1 Å². The third-order valence-electron chi connectivity index (χ3n) is 1.56. The third-order valence-corrected chi connectivity index (χ3v) is 2.38. The molecule has 0 spiro atoms. The van der Waals surface area contributed by atoms with Gasteiger partial charge in [-0.05, 0) is 0 Å². The molecule has 0 aliphatic carbocycles. The molecule has 3 nitrogen and oxygen atoms in total. The van der Waals surface area contributed by atoms with Crippen molar-refractivity contribution >= 4 is 29.0 Å². The van der Waals surface area contributed by atoms with Gasteiger partial charge in [-0.1, -0.05) is 0 Å². The van der Waals surface area contributed by atoms with Gasteiger partial charge < -0.3 is 0 Å². The van der Waals surface area contributed by atoms with Gasteiger partial charge in [0.25, 0.3) is 11.9 Å². The molecule has 18 heavy (non-hydrogen) atoms. The van der Waals surface area contributed by atoms with E-state index in [4.69, 9.17) is 4.55 Å². The summed E-state index contributed by atoms with van der Waals surface area (Å²) >= 11 is 0. The summed E-state index contributed by atoms with van der Waals surface area (Å²) in [7, 11) is -6.31. The molecule has 13 heteroatoms. The fourth-order valence-electron chi connectivity index (χ4n) is 0.680. The quantitative estimate of drug-likeness (QED) is 0.474. The van der Waals surface area contributed by atoms with Gasteiger partial charge in [0.2, 0.25) is 6.17 Å². The first-order valence-corrected chi connectivity index (χ1v) is 5.04. The Bertz CT molecular complexity index is 371. The molecule has 0 radical (unpaired) electrons. The van der Waals surface area contributed by atoms with Crippen LogP contribution < -0.4 is 0 Å². The van der Waals surface area contributed by atoms with Gasteiger partial charge >= 0.3 is 40.8 Å². The Morgan fingerprint density at radius 2 is 1.22 bits per heavy atom. The maximum absolute atomic E-state index is 12.5. The summed E-state index contributed by atoms with van der Waals surface area (Å²) in [6.07, 6.45) is -9.39. The predicted molar refractivity (Wildman–Crippen MR) is 44.4 cm³/mol. The molecule has 0 fully saturated rings. The van der Waals surface area contributed by atoms with Crippen LogP contribution in [0.2, 0.25) is 0 Å². The molecular weight excluding hydrogens is 299 g/mol. The molecular formula is C5H5F8LiO3S. The molecule has 0 aromatic carbocycles. The van der Waals surface area contributed by atoms with Gasteiger partial charge in [0.05, 0.1) is 0 Å². The molecule has 1 N–H and O–H groups in total.